The van der Waals surface area contributed by atoms with E-state index in [-0.39, 0.29) is 6.10 Å². The first-order chi connectivity index (χ1) is 5.84. The van der Waals surface area contributed by atoms with Gasteiger partial charge in [-0.25, -0.2) is 4.98 Å². The molecule has 0 spiro atoms. The summed E-state index contributed by atoms with van der Waals surface area (Å²) in [4.78, 5) is 7.90. The molecule has 1 heterocycles. The lowest BCUT2D eigenvalue weighted by Gasteiger charge is -2.31. The second-order valence-corrected chi connectivity index (χ2v) is 3.01. The summed E-state index contributed by atoms with van der Waals surface area (Å²) in [6.45, 7) is 0. The normalized spacial score (nSPS) is 27.8. The van der Waals surface area contributed by atoms with E-state index in [1.165, 1.54) is 0 Å². The number of nitrogens with zero attached hydrogens (tertiary/aromatic N) is 2. The number of ether oxygens (including phenoxy) is 1. The summed E-state index contributed by atoms with van der Waals surface area (Å²) in [6, 6.07) is 0.312. The third kappa shape index (κ3) is 1.53. The summed E-state index contributed by atoms with van der Waals surface area (Å²) in [5.74, 6) is 0.592. The van der Waals surface area contributed by atoms with Gasteiger partial charge in [0.2, 0.25) is 5.88 Å². The molecule has 1 aliphatic rings. The second kappa shape index (κ2) is 3.06. The van der Waals surface area contributed by atoms with Gasteiger partial charge in [-0.3, -0.25) is 4.98 Å². The van der Waals surface area contributed by atoms with Crippen LogP contribution in [-0.2, 0) is 0 Å². The van der Waals surface area contributed by atoms with Crippen molar-refractivity contribution < 1.29 is 4.74 Å². The van der Waals surface area contributed by atoms with E-state index >= 15 is 0 Å². The van der Waals surface area contributed by atoms with Crippen LogP contribution in [0.2, 0.25) is 0 Å². The zero-order chi connectivity index (χ0) is 8.39. The van der Waals surface area contributed by atoms with E-state index in [0.29, 0.717) is 11.9 Å². The Morgan fingerprint density at radius 3 is 2.83 bits per heavy atom. The van der Waals surface area contributed by atoms with Crippen LogP contribution in [0.25, 0.3) is 0 Å². The quantitative estimate of drug-likeness (QED) is 0.686. The van der Waals surface area contributed by atoms with Gasteiger partial charge in [0.05, 0.1) is 6.20 Å². The zero-order valence-corrected chi connectivity index (χ0v) is 6.68. The summed E-state index contributed by atoms with van der Waals surface area (Å²) in [5.41, 5.74) is 5.61. The van der Waals surface area contributed by atoms with Crippen LogP contribution in [0, 0.1) is 0 Å². The Balaban J connectivity index is 1.88. The van der Waals surface area contributed by atoms with E-state index in [1.54, 1.807) is 18.6 Å². The summed E-state index contributed by atoms with van der Waals surface area (Å²) >= 11 is 0. The van der Waals surface area contributed by atoms with Crippen LogP contribution < -0.4 is 10.5 Å². The van der Waals surface area contributed by atoms with Gasteiger partial charge in [0.1, 0.15) is 6.10 Å². The van der Waals surface area contributed by atoms with Gasteiger partial charge in [-0.2, -0.15) is 0 Å². The van der Waals surface area contributed by atoms with Crippen LogP contribution in [0.3, 0.4) is 0 Å². The minimum atomic E-state index is 0.247. The molecule has 0 radical (unpaired) electrons. The Kier molecular flexibility index (Phi) is 1.91. The fraction of sp³-hybridized carbons (Fsp3) is 0.500. The van der Waals surface area contributed by atoms with Crippen LogP contribution in [0.15, 0.2) is 18.6 Å². The first kappa shape index (κ1) is 7.49. The van der Waals surface area contributed by atoms with Crippen LogP contribution in [-0.4, -0.2) is 22.1 Å². The van der Waals surface area contributed by atoms with Gasteiger partial charge in [-0.05, 0) is 12.8 Å². The Morgan fingerprint density at radius 2 is 2.25 bits per heavy atom. The molecule has 1 aromatic heterocycles. The molecule has 0 aliphatic heterocycles. The lowest BCUT2D eigenvalue weighted by molar-refractivity contribution is 0.0954. The molecule has 4 heteroatoms. The van der Waals surface area contributed by atoms with Gasteiger partial charge < -0.3 is 10.5 Å². The lowest BCUT2D eigenvalue weighted by atomic mass is 9.90. The van der Waals surface area contributed by atoms with Gasteiger partial charge in [0, 0.05) is 18.4 Å². The highest BCUT2D eigenvalue weighted by Gasteiger charge is 2.27. The SMILES string of the molecule is NC1CC(Oc2cnccn2)C1. The topological polar surface area (TPSA) is 61.0 Å². The summed E-state index contributed by atoms with van der Waals surface area (Å²) in [7, 11) is 0. The van der Waals surface area contributed by atoms with Crippen LogP contribution in [0.5, 0.6) is 5.88 Å². The number of nitrogens with two attached hydrogens (primary N) is 1. The Bertz CT molecular complexity index is 246. The van der Waals surface area contributed by atoms with E-state index in [1.807, 2.05) is 0 Å². The number of aromatic nitrogens is 2. The number of rotatable bonds is 2. The molecule has 12 heavy (non-hydrogen) atoms. The molecule has 0 amide bonds. The first-order valence-electron chi connectivity index (χ1n) is 4.03. The minimum Gasteiger partial charge on any atom is -0.473 e. The molecule has 2 rings (SSSR count). The molecule has 0 bridgehead atoms. The summed E-state index contributed by atoms with van der Waals surface area (Å²) in [5, 5.41) is 0. The molecule has 0 aromatic carbocycles. The van der Waals surface area contributed by atoms with Crippen molar-refractivity contribution in [2.75, 3.05) is 0 Å². The molecule has 0 unspecified atom stereocenters. The third-order valence-corrected chi connectivity index (χ3v) is 1.96. The van der Waals surface area contributed by atoms with Gasteiger partial charge in [0.25, 0.3) is 0 Å². The molecule has 1 aromatic rings. The minimum absolute atomic E-state index is 0.247. The highest BCUT2D eigenvalue weighted by atomic mass is 16.5. The van der Waals surface area contributed by atoms with Gasteiger partial charge in [-0.15, -0.1) is 0 Å². The Labute approximate surface area is 70.8 Å². The van der Waals surface area contributed by atoms with E-state index in [0.717, 1.165) is 12.8 Å². The van der Waals surface area contributed by atoms with Crippen molar-refractivity contribution in [3.05, 3.63) is 18.6 Å². The maximum Gasteiger partial charge on any atom is 0.232 e. The van der Waals surface area contributed by atoms with E-state index in [9.17, 15) is 0 Å². The molecule has 4 nitrogen and oxygen atoms in total. The molecule has 1 aliphatic carbocycles. The summed E-state index contributed by atoms with van der Waals surface area (Å²) < 4.78 is 5.47. The zero-order valence-electron chi connectivity index (χ0n) is 6.68. The van der Waals surface area contributed by atoms with Crippen molar-refractivity contribution in [3.63, 3.8) is 0 Å². The maximum atomic E-state index is 5.61. The molecule has 0 atom stereocenters. The number of hydrogen-bond donors (Lipinski definition) is 1. The van der Waals surface area contributed by atoms with Crippen molar-refractivity contribution in [1.82, 2.24) is 9.97 Å². The van der Waals surface area contributed by atoms with Crippen LogP contribution >= 0.6 is 0 Å². The first-order valence-corrected chi connectivity index (χ1v) is 4.03. The van der Waals surface area contributed by atoms with Crippen molar-refractivity contribution in [3.8, 4) is 5.88 Å². The fourth-order valence-corrected chi connectivity index (χ4v) is 1.22. The molecule has 0 saturated heterocycles. The highest BCUT2D eigenvalue weighted by Crippen LogP contribution is 2.22. The van der Waals surface area contributed by atoms with Crippen molar-refractivity contribution >= 4 is 0 Å². The molecule has 64 valence electrons. The molecule has 1 fully saturated rings. The molecule has 2 N–H and O–H groups in total. The number of hydrogen-bond acceptors (Lipinski definition) is 4. The molecule has 1 saturated carbocycles. The van der Waals surface area contributed by atoms with Crippen LogP contribution in [0.4, 0.5) is 0 Å². The van der Waals surface area contributed by atoms with E-state index in [4.69, 9.17) is 10.5 Å². The summed E-state index contributed by atoms with van der Waals surface area (Å²) in [6.07, 6.45) is 6.96. The Hall–Kier alpha value is -1.16. The molecular weight excluding hydrogens is 154 g/mol. The maximum absolute atomic E-state index is 5.61. The van der Waals surface area contributed by atoms with Crippen molar-refractivity contribution in [2.24, 2.45) is 5.73 Å². The van der Waals surface area contributed by atoms with Crippen molar-refractivity contribution in [2.45, 2.75) is 25.0 Å². The Morgan fingerprint density at radius 1 is 1.42 bits per heavy atom. The van der Waals surface area contributed by atoms with Gasteiger partial charge in [0.15, 0.2) is 0 Å². The smallest absolute Gasteiger partial charge is 0.232 e. The van der Waals surface area contributed by atoms with E-state index < -0.39 is 0 Å². The lowest BCUT2D eigenvalue weighted by Crippen LogP contribution is -2.43. The van der Waals surface area contributed by atoms with Crippen molar-refractivity contribution in [1.29, 1.82) is 0 Å². The standard InChI is InChI=1S/C8H11N3O/c9-6-3-7(4-6)12-8-5-10-1-2-11-8/h1-2,5-7H,3-4,9H2. The second-order valence-electron chi connectivity index (χ2n) is 3.01. The predicted molar refractivity (Wildman–Crippen MR) is 43.7 cm³/mol. The average molecular weight is 165 g/mol. The third-order valence-electron chi connectivity index (χ3n) is 1.96. The highest BCUT2D eigenvalue weighted by molar-refractivity contribution is 5.03. The average Bonchev–Trinajstić information content (AvgIpc) is 2.04. The fourth-order valence-electron chi connectivity index (χ4n) is 1.22. The van der Waals surface area contributed by atoms with Gasteiger partial charge in [-0.1, -0.05) is 0 Å². The monoisotopic (exact) mass is 165 g/mol. The van der Waals surface area contributed by atoms with Crippen LogP contribution in [0.1, 0.15) is 12.8 Å². The predicted octanol–water partition coefficient (Wildman–Crippen LogP) is 0.345. The largest absolute Gasteiger partial charge is 0.473 e. The van der Waals surface area contributed by atoms with E-state index in [2.05, 4.69) is 9.97 Å². The van der Waals surface area contributed by atoms with Gasteiger partial charge >= 0.3 is 0 Å². The molecular formula is C8H11N3O.